The number of benzene rings is 2. The summed E-state index contributed by atoms with van der Waals surface area (Å²) >= 11 is 0. The topological polar surface area (TPSA) is 153 Å². The number of anilines is 2. The number of imidazole rings is 1. The normalized spacial score (nSPS) is 11.9. The number of fused-ring (bicyclic) bond motifs is 1. The van der Waals surface area contributed by atoms with Crippen LogP contribution in [0.25, 0.3) is 16.9 Å². The fourth-order valence-electron chi connectivity index (χ4n) is 4.02. The van der Waals surface area contributed by atoms with E-state index in [1.54, 1.807) is 47.1 Å². The lowest BCUT2D eigenvalue weighted by atomic mass is 10.1. The molecule has 3 heterocycles. The highest BCUT2D eigenvalue weighted by molar-refractivity contribution is 7.89. The van der Waals surface area contributed by atoms with E-state index in [0.29, 0.717) is 36.0 Å². The van der Waals surface area contributed by atoms with Crippen molar-refractivity contribution in [1.29, 1.82) is 0 Å². The van der Waals surface area contributed by atoms with Crippen LogP contribution in [0, 0.1) is 0 Å². The Morgan fingerprint density at radius 3 is 2.31 bits per heavy atom. The summed E-state index contributed by atoms with van der Waals surface area (Å²) in [6, 6.07) is 11.4. The van der Waals surface area contributed by atoms with Gasteiger partial charge < -0.3 is 20.1 Å². The maximum Gasteiger partial charge on any atom is 0.416 e. The van der Waals surface area contributed by atoms with E-state index in [9.17, 15) is 26.4 Å². The van der Waals surface area contributed by atoms with Crippen molar-refractivity contribution in [1.82, 2.24) is 28.9 Å². The lowest BCUT2D eigenvalue weighted by Gasteiger charge is -2.18. The molecular weight excluding hydrogens is 617 g/mol. The van der Waals surface area contributed by atoms with E-state index in [1.807, 2.05) is 6.92 Å². The fraction of sp³-hybridized carbons (Fsp3) is 0.179. The van der Waals surface area contributed by atoms with Crippen LogP contribution in [-0.4, -0.2) is 64.0 Å². The van der Waals surface area contributed by atoms with Gasteiger partial charge in [-0.25, -0.2) is 37.0 Å². The van der Waals surface area contributed by atoms with Gasteiger partial charge in [-0.3, -0.25) is 0 Å². The van der Waals surface area contributed by atoms with Gasteiger partial charge in [-0.05, 0) is 55.5 Å². The van der Waals surface area contributed by atoms with Gasteiger partial charge in [0.1, 0.15) is 10.6 Å². The molecule has 2 amide bonds. The second-order valence-corrected chi connectivity index (χ2v) is 11.6. The van der Waals surface area contributed by atoms with Gasteiger partial charge in [0.2, 0.25) is 15.9 Å². The number of alkyl halides is 3. The van der Waals surface area contributed by atoms with E-state index >= 15 is 0 Å². The summed E-state index contributed by atoms with van der Waals surface area (Å²) in [6.07, 6.45) is -0.663. The molecule has 0 radical (unpaired) electrons. The van der Waals surface area contributed by atoms with Gasteiger partial charge in [-0.15, -0.1) is 5.10 Å². The summed E-state index contributed by atoms with van der Waals surface area (Å²) in [6.45, 7) is 2.34. The molecule has 5 aromatic rings. The van der Waals surface area contributed by atoms with Gasteiger partial charge in [0.25, 0.3) is 0 Å². The van der Waals surface area contributed by atoms with Gasteiger partial charge in [-0.2, -0.15) is 13.2 Å². The zero-order chi connectivity index (χ0) is 32.4. The Balaban J connectivity index is 1.26. The predicted molar refractivity (Wildman–Crippen MR) is 157 cm³/mol. The Kier molecular flexibility index (Phi) is 8.56. The molecule has 0 aliphatic carbocycles. The van der Waals surface area contributed by atoms with Crippen molar-refractivity contribution in [2.45, 2.75) is 18.0 Å². The number of carbonyl (C=O) groups is 1. The Morgan fingerprint density at radius 2 is 1.67 bits per heavy atom. The molecule has 13 nitrogen and oxygen atoms in total. The number of rotatable bonds is 9. The second kappa shape index (κ2) is 12.4. The number of carbonyl (C=O) groups excluding carboxylic acids is 1. The minimum Gasteiger partial charge on any atom is -0.477 e. The van der Waals surface area contributed by atoms with E-state index < -0.39 is 38.4 Å². The Hall–Kier alpha value is -5.29. The zero-order valence-corrected chi connectivity index (χ0v) is 24.7. The maximum atomic E-state index is 13.3. The first-order chi connectivity index (χ1) is 21.3. The number of hydrogen-bond donors (Lipinski definition) is 2. The highest BCUT2D eigenvalue weighted by Gasteiger charge is 2.33. The van der Waals surface area contributed by atoms with Crippen molar-refractivity contribution in [3.05, 3.63) is 78.8 Å². The first-order valence-corrected chi connectivity index (χ1v) is 14.6. The number of sulfonamides is 1. The first-order valence-electron chi connectivity index (χ1n) is 13.1. The van der Waals surface area contributed by atoms with Crippen molar-refractivity contribution in [2.24, 2.45) is 0 Å². The Labute approximate surface area is 254 Å². The number of halogens is 3. The molecule has 0 atom stereocenters. The van der Waals surface area contributed by atoms with Gasteiger partial charge >= 0.3 is 18.2 Å². The summed E-state index contributed by atoms with van der Waals surface area (Å²) in [5, 5.41) is 8.97. The standard InChI is InChI=1S/C28H25F3N8O5S/c1-4-43-25-12-11-24-32-16-22(39(24)37-25)17-5-8-20(9-6-17)44-27-33-14-19(15-34-27)35-26(40)36-21-13-18(28(29,30)31)7-10-23(21)45(41,42)38(2)3/h5-16H,4H2,1-3H3,(H2,35,36,40). The lowest BCUT2D eigenvalue weighted by molar-refractivity contribution is -0.137. The summed E-state index contributed by atoms with van der Waals surface area (Å²) in [7, 11) is -1.76. The molecule has 0 fully saturated rings. The van der Waals surface area contributed by atoms with Gasteiger partial charge in [-0.1, -0.05) is 0 Å². The van der Waals surface area contributed by atoms with Gasteiger partial charge in [0.15, 0.2) is 5.65 Å². The summed E-state index contributed by atoms with van der Waals surface area (Å²) in [4.78, 5) is 24.5. The van der Waals surface area contributed by atoms with E-state index in [-0.39, 0.29) is 11.7 Å². The van der Waals surface area contributed by atoms with Crippen LogP contribution in [0.5, 0.6) is 17.6 Å². The monoisotopic (exact) mass is 642 g/mol. The molecular formula is C28H25F3N8O5S. The average Bonchev–Trinajstić information content (AvgIpc) is 3.41. The maximum absolute atomic E-state index is 13.3. The minimum absolute atomic E-state index is 0.0521. The third-order valence-corrected chi connectivity index (χ3v) is 8.06. The predicted octanol–water partition coefficient (Wildman–Crippen LogP) is 5.29. The zero-order valence-electron chi connectivity index (χ0n) is 23.9. The molecule has 0 aliphatic rings. The van der Waals surface area contributed by atoms with Gasteiger partial charge in [0.05, 0.1) is 47.8 Å². The lowest BCUT2D eigenvalue weighted by Crippen LogP contribution is -2.26. The molecule has 0 saturated carbocycles. The molecule has 0 saturated heterocycles. The molecule has 17 heteroatoms. The molecule has 0 aliphatic heterocycles. The number of aromatic nitrogens is 5. The molecule has 45 heavy (non-hydrogen) atoms. The van der Waals surface area contributed by atoms with E-state index in [1.165, 1.54) is 26.5 Å². The fourth-order valence-corrected chi connectivity index (χ4v) is 5.04. The Bertz CT molecular complexity index is 1950. The van der Waals surface area contributed by atoms with E-state index in [0.717, 1.165) is 21.6 Å². The summed E-state index contributed by atoms with van der Waals surface area (Å²) in [5.74, 6) is 0.877. The number of amides is 2. The van der Waals surface area contributed by atoms with Crippen LogP contribution < -0.4 is 20.1 Å². The molecule has 0 spiro atoms. The minimum atomic E-state index is -4.77. The molecule has 2 aromatic carbocycles. The molecule has 0 unspecified atom stereocenters. The number of nitrogens with one attached hydrogen (secondary N) is 2. The third kappa shape index (κ3) is 6.94. The first kappa shape index (κ1) is 31.1. The number of hydrogen-bond acceptors (Lipinski definition) is 9. The molecule has 0 bridgehead atoms. The molecule has 5 rings (SSSR count). The molecule has 3 aromatic heterocycles. The smallest absolute Gasteiger partial charge is 0.416 e. The van der Waals surface area contributed by atoms with Crippen LogP contribution in [0.1, 0.15) is 12.5 Å². The summed E-state index contributed by atoms with van der Waals surface area (Å²) < 4.78 is 78.8. The van der Waals surface area contributed by atoms with Crippen molar-refractivity contribution in [3.63, 3.8) is 0 Å². The number of urea groups is 1. The van der Waals surface area contributed by atoms with Crippen LogP contribution in [0.3, 0.4) is 0 Å². The van der Waals surface area contributed by atoms with Crippen molar-refractivity contribution < 1.29 is 35.9 Å². The Morgan fingerprint density at radius 1 is 0.956 bits per heavy atom. The van der Waals surface area contributed by atoms with Gasteiger partial charge in [0, 0.05) is 25.7 Å². The van der Waals surface area contributed by atoms with Crippen LogP contribution >= 0.6 is 0 Å². The van der Waals surface area contributed by atoms with Crippen molar-refractivity contribution in [2.75, 3.05) is 31.3 Å². The highest BCUT2D eigenvalue weighted by Crippen LogP contribution is 2.34. The number of nitrogens with zero attached hydrogens (tertiary/aromatic N) is 6. The SMILES string of the molecule is CCOc1ccc2ncc(-c3ccc(Oc4ncc(NC(=O)Nc5cc(C(F)(F)F)ccc5S(=O)(=O)N(C)C)cn4)cc3)n2n1. The van der Waals surface area contributed by atoms with E-state index in [2.05, 4.69) is 30.7 Å². The second-order valence-electron chi connectivity index (χ2n) is 9.47. The van der Waals surface area contributed by atoms with Crippen LogP contribution in [0.15, 0.2) is 78.1 Å². The third-order valence-electron chi connectivity index (χ3n) is 6.19. The molecule has 234 valence electrons. The van der Waals surface area contributed by atoms with Crippen LogP contribution in [0.2, 0.25) is 0 Å². The van der Waals surface area contributed by atoms with E-state index in [4.69, 9.17) is 9.47 Å². The quantitative estimate of drug-likeness (QED) is 0.218. The van der Waals surface area contributed by atoms with Crippen molar-refractivity contribution >= 4 is 33.1 Å². The van der Waals surface area contributed by atoms with Crippen LogP contribution in [0.4, 0.5) is 29.3 Å². The number of ether oxygens (including phenoxy) is 2. The largest absolute Gasteiger partial charge is 0.477 e. The molecule has 2 N–H and O–H groups in total. The summed E-state index contributed by atoms with van der Waals surface area (Å²) in [5.41, 5.74) is 0.558. The van der Waals surface area contributed by atoms with Crippen molar-refractivity contribution in [3.8, 4) is 28.9 Å². The van der Waals surface area contributed by atoms with Crippen LogP contribution in [-0.2, 0) is 16.2 Å². The average molecular weight is 643 g/mol. The highest BCUT2D eigenvalue weighted by atomic mass is 32.2.